The van der Waals surface area contributed by atoms with Crippen molar-refractivity contribution in [1.82, 2.24) is 0 Å². The predicted molar refractivity (Wildman–Crippen MR) is 162 cm³/mol. The van der Waals surface area contributed by atoms with Gasteiger partial charge in [0.05, 0.1) is 15.2 Å². The van der Waals surface area contributed by atoms with Crippen LogP contribution in [0.25, 0.3) is 0 Å². The van der Waals surface area contributed by atoms with E-state index in [1.54, 1.807) is 0 Å². The summed E-state index contributed by atoms with van der Waals surface area (Å²) in [6.45, 7) is 54.5. The second kappa shape index (κ2) is 8.51. The molecule has 0 saturated heterocycles. The van der Waals surface area contributed by atoms with E-state index in [-0.39, 0.29) is 7.35 Å². The lowest BCUT2D eigenvalue weighted by Crippen LogP contribution is -2.86. The summed E-state index contributed by atoms with van der Waals surface area (Å²) in [5, 5.41) is 2.04. The van der Waals surface area contributed by atoms with Gasteiger partial charge in [0.1, 0.15) is 0 Å². The fraction of sp³-hybridized carbons (Fsp3) is 1.00. The molecular formula is C24H61Si6+. The predicted octanol–water partition coefficient (Wildman–Crippen LogP) is 9.13. The third-order valence-electron chi connectivity index (χ3n) is 10.7. The second-order valence-electron chi connectivity index (χ2n) is 16.5. The maximum atomic E-state index is 2.87. The lowest BCUT2D eigenvalue weighted by Gasteiger charge is -2.56. The maximum Gasteiger partial charge on any atom is 0.205 e. The van der Waals surface area contributed by atoms with Crippen LogP contribution in [0.1, 0.15) is 83.1 Å². The van der Waals surface area contributed by atoms with Crippen molar-refractivity contribution < 1.29 is 0 Å². The Morgan fingerprint density at radius 3 is 0.733 bits per heavy atom. The summed E-state index contributed by atoms with van der Waals surface area (Å²) in [4.78, 5) is 0. The lowest BCUT2D eigenvalue weighted by atomic mass is 10.2. The van der Waals surface area contributed by atoms with Crippen molar-refractivity contribution in [1.29, 1.82) is 0 Å². The van der Waals surface area contributed by atoms with Gasteiger partial charge in [-0.05, 0) is 46.3 Å². The summed E-state index contributed by atoms with van der Waals surface area (Å²) >= 11 is 0. The summed E-state index contributed by atoms with van der Waals surface area (Å²) in [6, 6.07) is 0. The number of hydrogen-bond acceptors (Lipinski definition) is 0. The molecule has 0 aliphatic carbocycles. The molecule has 0 bridgehead atoms. The van der Waals surface area contributed by atoms with Gasteiger partial charge < -0.3 is 0 Å². The summed E-state index contributed by atoms with van der Waals surface area (Å²) < 4.78 is 0. The first-order chi connectivity index (χ1) is 12.5. The highest BCUT2D eigenvalue weighted by Crippen LogP contribution is 2.53. The van der Waals surface area contributed by atoms with Crippen LogP contribution in [0.4, 0.5) is 0 Å². The zero-order valence-corrected chi connectivity index (χ0v) is 31.2. The molecule has 0 atom stereocenters. The average Bonchev–Trinajstić information content (AvgIpc) is 2.38. The first kappa shape index (κ1) is 31.3. The molecule has 6 heteroatoms. The van der Waals surface area contributed by atoms with Crippen molar-refractivity contribution in [2.24, 2.45) is 0 Å². The van der Waals surface area contributed by atoms with Crippen molar-refractivity contribution in [2.45, 2.75) is 156 Å². The van der Waals surface area contributed by atoms with E-state index < -0.39 is 37.7 Å². The molecule has 0 aromatic rings. The van der Waals surface area contributed by atoms with E-state index in [0.29, 0.717) is 20.2 Å². The summed E-state index contributed by atoms with van der Waals surface area (Å²) in [5.41, 5.74) is 0. The minimum atomic E-state index is -1.43. The molecule has 0 aliphatic rings. The number of rotatable bonds is 5. The Hall–Kier alpha value is 1.30. The summed E-state index contributed by atoms with van der Waals surface area (Å²) in [6.07, 6.45) is 0. The normalized spacial score (nSPS) is 16.3. The molecule has 0 aromatic carbocycles. The molecule has 0 spiro atoms. The Labute approximate surface area is 200 Å². The number of hydrogen-bond donors (Lipinski definition) is 0. The van der Waals surface area contributed by atoms with E-state index in [9.17, 15) is 0 Å². The van der Waals surface area contributed by atoms with Crippen molar-refractivity contribution in [3.05, 3.63) is 0 Å². The SMILES string of the molecule is CC(C)(C)[Si](C)(C)[Si+]([SiH]([Si](C)(C)C(C)(C)C)[Si](C)(C)C(C)(C)C)[Si](C)(C)C(C)(C)C. The molecule has 0 fully saturated rings. The monoisotopic (exact) mass is 517 g/mol. The highest BCUT2D eigenvalue weighted by atomic mass is 30.1. The second-order valence-corrected chi connectivity index (χ2v) is 74.1. The summed E-state index contributed by atoms with van der Waals surface area (Å²) in [5.74, 6) is 0. The Kier molecular flexibility index (Phi) is 8.88. The molecule has 0 heterocycles. The van der Waals surface area contributed by atoms with Gasteiger partial charge in [0.2, 0.25) is 15.2 Å². The fourth-order valence-corrected chi connectivity index (χ4v) is 208. The topological polar surface area (TPSA) is 0 Å². The van der Waals surface area contributed by atoms with Gasteiger partial charge in [0.25, 0.3) is 0 Å². The first-order valence-electron chi connectivity index (χ1n) is 12.4. The van der Waals surface area contributed by atoms with Crippen LogP contribution >= 0.6 is 0 Å². The van der Waals surface area contributed by atoms with Gasteiger partial charge in [-0.1, -0.05) is 109 Å². The van der Waals surface area contributed by atoms with Crippen LogP contribution < -0.4 is 0 Å². The summed E-state index contributed by atoms with van der Waals surface area (Å²) in [7, 11) is -7.01. The van der Waals surface area contributed by atoms with Gasteiger partial charge in [0, 0.05) is 0 Å². The molecule has 30 heavy (non-hydrogen) atoms. The van der Waals surface area contributed by atoms with Gasteiger partial charge in [-0.15, -0.1) is 0 Å². The first-order valence-corrected chi connectivity index (χ1v) is 33.3. The van der Waals surface area contributed by atoms with Crippen molar-refractivity contribution in [2.75, 3.05) is 0 Å². The Bertz CT molecular complexity index is 483. The molecule has 0 nitrogen and oxygen atoms in total. The van der Waals surface area contributed by atoms with E-state index in [0.717, 1.165) is 0 Å². The van der Waals surface area contributed by atoms with Crippen LogP contribution in [0, 0.1) is 0 Å². The highest BCUT2D eigenvalue weighted by molar-refractivity contribution is 7.98. The molecule has 0 aromatic heterocycles. The van der Waals surface area contributed by atoms with Gasteiger partial charge in [-0.2, -0.15) is 0 Å². The lowest BCUT2D eigenvalue weighted by molar-refractivity contribution is 0.724. The van der Waals surface area contributed by atoms with E-state index in [2.05, 4.69) is 135 Å². The largest absolute Gasteiger partial charge is 0.205 e. The molecule has 0 amide bonds. The molecule has 0 saturated carbocycles. The molecule has 0 radical (unpaired) electrons. The minimum absolute atomic E-state index is 0.389. The standard InChI is InChI=1S/C24H61Si6/c1-21(2,3)27(13,14)25(28(15,16)22(4,5)6)26(29(17,18)23(7,8)9)30(19,20)24(10,11)12/h25H,1-20H3/q+1. The molecular weight excluding hydrogens is 457 g/mol. The zero-order chi connectivity index (χ0) is 25.2. The van der Waals surface area contributed by atoms with Crippen molar-refractivity contribution in [3.63, 3.8) is 0 Å². The van der Waals surface area contributed by atoms with Crippen LogP contribution in [-0.4, -0.2) is 45.1 Å². The van der Waals surface area contributed by atoms with Crippen LogP contribution in [-0.2, 0) is 0 Å². The molecule has 0 N–H and O–H groups in total. The average molecular weight is 518 g/mol. The van der Waals surface area contributed by atoms with Gasteiger partial charge in [-0.3, -0.25) is 0 Å². The highest BCUT2D eigenvalue weighted by Gasteiger charge is 2.75. The minimum Gasteiger partial charge on any atom is -0.0690 e. The Morgan fingerprint density at radius 2 is 0.600 bits per heavy atom. The van der Waals surface area contributed by atoms with E-state index in [1.807, 2.05) is 0 Å². The molecule has 0 aliphatic heterocycles. The molecule has 0 rings (SSSR count). The van der Waals surface area contributed by atoms with E-state index in [4.69, 9.17) is 0 Å². The van der Waals surface area contributed by atoms with Crippen LogP contribution in [0.5, 0.6) is 0 Å². The van der Waals surface area contributed by atoms with Crippen LogP contribution in [0.2, 0.25) is 72.5 Å². The van der Waals surface area contributed by atoms with E-state index >= 15 is 0 Å². The third-order valence-corrected chi connectivity index (χ3v) is 131. The van der Waals surface area contributed by atoms with Crippen molar-refractivity contribution in [3.8, 4) is 0 Å². The van der Waals surface area contributed by atoms with Gasteiger partial charge in [-0.25, -0.2) is 0 Å². The smallest absolute Gasteiger partial charge is 0.0690 e. The van der Waals surface area contributed by atoms with E-state index in [1.165, 1.54) is 0 Å². The third kappa shape index (κ3) is 5.50. The quantitative estimate of drug-likeness (QED) is 0.319. The van der Waals surface area contributed by atoms with Crippen molar-refractivity contribution >= 4 is 45.1 Å². The molecule has 0 unspecified atom stereocenters. The Morgan fingerprint density at radius 1 is 0.400 bits per heavy atom. The zero-order valence-electron chi connectivity index (χ0n) is 25.1. The van der Waals surface area contributed by atoms with Gasteiger partial charge >= 0.3 is 0 Å². The molecule has 180 valence electrons. The van der Waals surface area contributed by atoms with Crippen LogP contribution in [0.3, 0.4) is 0 Å². The van der Waals surface area contributed by atoms with Gasteiger partial charge in [0.15, 0.2) is 14.7 Å². The fourth-order valence-electron chi connectivity index (χ4n) is 4.80. The maximum absolute atomic E-state index is 2.87. The Balaban J connectivity index is 7.62. The van der Waals surface area contributed by atoms with Crippen LogP contribution in [0.15, 0.2) is 0 Å².